The van der Waals surface area contributed by atoms with Gasteiger partial charge in [-0.1, -0.05) is 39.5 Å². The van der Waals surface area contributed by atoms with Crippen LogP contribution in [-0.4, -0.2) is 36.1 Å². The smallest absolute Gasteiger partial charge is 0.226 e. The van der Waals surface area contributed by atoms with Crippen molar-refractivity contribution in [3.05, 3.63) is 0 Å². The van der Waals surface area contributed by atoms with E-state index < -0.39 is 0 Å². The summed E-state index contributed by atoms with van der Waals surface area (Å²) in [7, 11) is 0. The Morgan fingerprint density at radius 3 is 2.85 bits per heavy atom. The van der Waals surface area contributed by atoms with Gasteiger partial charge in [-0.25, -0.2) is 0 Å². The zero-order valence-electron chi connectivity index (χ0n) is 13.3. The van der Waals surface area contributed by atoms with Crippen molar-refractivity contribution in [1.29, 1.82) is 0 Å². The predicted octanol–water partition coefficient (Wildman–Crippen LogP) is 3.76. The minimum absolute atomic E-state index is 0.242. The van der Waals surface area contributed by atoms with Crippen LogP contribution in [0.2, 0.25) is 0 Å². The van der Waals surface area contributed by atoms with Crippen molar-refractivity contribution >= 4 is 5.91 Å². The molecule has 2 rings (SSSR count). The molecular weight excluding hydrogens is 250 g/mol. The lowest BCUT2D eigenvalue weighted by atomic mass is 9.95. The number of carbonyl (C=O) groups is 1. The second kappa shape index (κ2) is 8.02. The van der Waals surface area contributed by atoms with E-state index in [1.165, 1.54) is 32.1 Å². The molecular formula is C17H31NO2. The molecule has 1 aliphatic heterocycles. The zero-order valence-corrected chi connectivity index (χ0v) is 13.3. The molecule has 0 aromatic heterocycles. The SMILES string of the molecule is CCCCCCC(CC)C(=O)N1CCO[C@H]2CCC[C@H]21. The van der Waals surface area contributed by atoms with Gasteiger partial charge < -0.3 is 9.64 Å². The molecule has 1 amide bonds. The molecule has 1 aliphatic carbocycles. The molecule has 2 fully saturated rings. The van der Waals surface area contributed by atoms with E-state index in [2.05, 4.69) is 18.7 Å². The molecule has 3 nitrogen and oxygen atoms in total. The summed E-state index contributed by atoms with van der Waals surface area (Å²) in [4.78, 5) is 15.0. The molecule has 0 bridgehead atoms. The monoisotopic (exact) mass is 281 g/mol. The molecule has 2 aliphatic rings. The van der Waals surface area contributed by atoms with E-state index in [-0.39, 0.29) is 5.92 Å². The first-order valence-electron chi connectivity index (χ1n) is 8.70. The zero-order chi connectivity index (χ0) is 14.4. The third-order valence-electron chi connectivity index (χ3n) is 5.01. The number of rotatable bonds is 7. The molecule has 1 saturated carbocycles. The molecule has 0 aromatic carbocycles. The molecule has 116 valence electrons. The Labute approximate surface area is 124 Å². The maximum atomic E-state index is 12.8. The van der Waals surface area contributed by atoms with Gasteiger partial charge >= 0.3 is 0 Å². The number of carbonyl (C=O) groups excluding carboxylic acids is 1. The minimum Gasteiger partial charge on any atom is -0.374 e. The average Bonchev–Trinajstić information content (AvgIpc) is 2.95. The number of fused-ring (bicyclic) bond motifs is 1. The second-order valence-corrected chi connectivity index (χ2v) is 6.39. The Hall–Kier alpha value is -0.570. The summed E-state index contributed by atoms with van der Waals surface area (Å²) in [6, 6.07) is 0.376. The summed E-state index contributed by atoms with van der Waals surface area (Å²) in [6.45, 7) is 5.94. The number of morpholine rings is 1. The third-order valence-corrected chi connectivity index (χ3v) is 5.01. The van der Waals surface area contributed by atoms with Gasteiger partial charge in [-0.2, -0.15) is 0 Å². The van der Waals surface area contributed by atoms with Crippen LogP contribution in [0.25, 0.3) is 0 Å². The normalized spacial score (nSPS) is 27.4. The van der Waals surface area contributed by atoms with Crippen molar-refractivity contribution in [2.45, 2.75) is 83.8 Å². The summed E-state index contributed by atoms with van der Waals surface area (Å²) in [5.74, 6) is 0.649. The quantitative estimate of drug-likeness (QED) is 0.665. The first kappa shape index (κ1) is 15.8. The van der Waals surface area contributed by atoms with Gasteiger partial charge in [0.2, 0.25) is 5.91 Å². The molecule has 3 atom stereocenters. The van der Waals surface area contributed by atoms with E-state index in [0.717, 1.165) is 38.8 Å². The fourth-order valence-corrected chi connectivity index (χ4v) is 3.75. The highest BCUT2D eigenvalue weighted by Crippen LogP contribution is 2.31. The predicted molar refractivity (Wildman–Crippen MR) is 81.6 cm³/mol. The van der Waals surface area contributed by atoms with Crippen LogP contribution in [0, 0.1) is 5.92 Å². The largest absolute Gasteiger partial charge is 0.374 e. The molecule has 0 N–H and O–H groups in total. The van der Waals surface area contributed by atoms with Crippen molar-refractivity contribution in [2.75, 3.05) is 13.2 Å². The molecule has 20 heavy (non-hydrogen) atoms. The maximum absolute atomic E-state index is 12.8. The summed E-state index contributed by atoms with van der Waals surface area (Å²) < 4.78 is 5.81. The van der Waals surface area contributed by atoms with Gasteiger partial charge in [-0.15, -0.1) is 0 Å². The van der Waals surface area contributed by atoms with Gasteiger partial charge in [0, 0.05) is 12.5 Å². The number of nitrogens with zero attached hydrogens (tertiary/aromatic N) is 1. The van der Waals surface area contributed by atoms with Crippen molar-refractivity contribution < 1.29 is 9.53 Å². The number of hydrogen-bond donors (Lipinski definition) is 0. The highest BCUT2D eigenvalue weighted by atomic mass is 16.5. The van der Waals surface area contributed by atoms with E-state index in [1.807, 2.05) is 0 Å². The number of amides is 1. The first-order chi connectivity index (χ1) is 9.77. The highest BCUT2D eigenvalue weighted by molar-refractivity contribution is 5.79. The van der Waals surface area contributed by atoms with Gasteiger partial charge in [-0.05, 0) is 32.1 Å². The Morgan fingerprint density at radius 2 is 2.10 bits per heavy atom. The van der Waals surface area contributed by atoms with Crippen LogP contribution in [0.4, 0.5) is 0 Å². The van der Waals surface area contributed by atoms with E-state index >= 15 is 0 Å². The van der Waals surface area contributed by atoms with Crippen molar-refractivity contribution in [1.82, 2.24) is 4.90 Å². The summed E-state index contributed by atoms with van der Waals surface area (Å²) >= 11 is 0. The summed E-state index contributed by atoms with van der Waals surface area (Å²) in [5, 5.41) is 0. The molecule has 0 aromatic rings. The van der Waals surface area contributed by atoms with Crippen LogP contribution in [0.3, 0.4) is 0 Å². The fraction of sp³-hybridized carbons (Fsp3) is 0.941. The highest BCUT2D eigenvalue weighted by Gasteiger charge is 2.39. The van der Waals surface area contributed by atoms with Crippen molar-refractivity contribution in [3.8, 4) is 0 Å². The van der Waals surface area contributed by atoms with Crippen LogP contribution in [-0.2, 0) is 9.53 Å². The molecule has 1 heterocycles. The number of hydrogen-bond acceptors (Lipinski definition) is 2. The first-order valence-corrected chi connectivity index (χ1v) is 8.70. The Balaban J connectivity index is 1.86. The van der Waals surface area contributed by atoms with Gasteiger partial charge in [0.15, 0.2) is 0 Å². The van der Waals surface area contributed by atoms with Crippen LogP contribution < -0.4 is 0 Å². The number of unbranched alkanes of at least 4 members (excludes halogenated alkanes) is 3. The van der Waals surface area contributed by atoms with Crippen LogP contribution in [0.15, 0.2) is 0 Å². The van der Waals surface area contributed by atoms with Crippen molar-refractivity contribution in [3.63, 3.8) is 0 Å². The molecule has 0 spiro atoms. The average molecular weight is 281 g/mol. The second-order valence-electron chi connectivity index (χ2n) is 6.39. The van der Waals surface area contributed by atoms with Crippen LogP contribution >= 0.6 is 0 Å². The van der Waals surface area contributed by atoms with Crippen molar-refractivity contribution in [2.24, 2.45) is 5.92 Å². The standard InChI is InChI=1S/C17H31NO2/c1-3-5-6-7-9-14(4-2)17(19)18-12-13-20-16-11-8-10-15(16)18/h14-16H,3-13H2,1-2H3/t14?,15-,16+/m1/s1. The van der Waals surface area contributed by atoms with Gasteiger partial charge in [0.25, 0.3) is 0 Å². The van der Waals surface area contributed by atoms with Gasteiger partial charge in [0.05, 0.1) is 18.8 Å². The lowest BCUT2D eigenvalue weighted by Crippen LogP contribution is -2.53. The van der Waals surface area contributed by atoms with E-state index in [4.69, 9.17) is 4.74 Å². The minimum atomic E-state index is 0.242. The lowest BCUT2D eigenvalue weighted by molar-refractivity contribution is -0.148. The molecule has 3 heteroatoms. The Morgan fingerprint density at radius 1 is 1.25 bits per heavy atom. The van der Waals surface area contributed by atoms with E-state index in [1.54, 1.807) is 0 Å². The van der Waals surface area contributed by atoms with Crippen LogP contribution in [0.5, 0.6) is 0 Å². The summed E-state index contributed by atoms with van der Waals surface area (Å²) in [6.07, 6.45) is 10.9. The molecule has 0 radical (unpaired) electrons. The lowest BCUT2D eigenvalue weighted by Gasteiger charge is -2.39. The molecule has 1 saturated heterocycles. The molecule has 1 unspecified atom stereocenters. The summed E-state index contributed by atoms with van der Waals surface area (Å²) in [5.41, 5.74) is 0. The Bertz CT molecular complexity index is 305. The third kappa shape index (κ3) is 3.75. The van der Waals surface area contributed by atoms with E-state index in [9.17, 15) is 4.79 Å². The Kier molecular flexibility index (Phi) is 6.34. The van der Waals surface area contributed by atoms with Gasteiger partial charge in [-0.3, -0.25) is 4.79 Å². The van der Waals surface area contributed by atoms with Crippen LogP contribution in [0.1, 0.15) is 71.6 Å². The maximum Gasteiger partial charge on any atom is 0.226 e. The number of ether oxygens (including phenoxy) is 1. The fourth-order valence-electron chi connectivity index (χ4n) is 3.75. The topological polar surface area (TPSA) is 29.5 Å². The van der Waals surface area contributed by atoms with E-state index in [0.29, 0.717) is 18.1 Å². The van der Waals surface area contributed by atoms with Gasteiger partial charge in [0.1, 0.15) is 0 Å².